The fourth-order valence-corrected chi connectivity index (χ4v) is 1.21. The highest BCUT2D eigenvalue weighted by molar-refractivity contribution is 5.96. The van der Waals surface area contributed by atoms with Crippen molar-refractivity contribution in [3.05, 3.63) is 33.5 Å². The fourth-order valence-electron chi connectivity index (χ4n) is 1.21. The summed E-state index contributed by atoms with van der Waals surface area (Å²) in [5.74, 6) is -0.598. The normalized spacial score (nSPS) is 9.73. The Bertz CT molecular complexity index is 404. The van der Waals surface area contributed by atoms with Crippen LogP contribution in [0.4, 0.5) is 5.82 Å². The number of nitro groups is 1. The van der Waals surface area contributed by atoms with E-state index < -0.39 is 4.92 Å². The lowest BCUT2D eigenvalue weighted by Crippen LogP contribution is -2.23. The van der Waals surface area contributed by atoms with Gasteiger partial charge in [0.1, 0.15) is 6.20 Å². The summed E-state index contributed by atoms with van der Waals surface area (Å²) in [6.45, 7) is 3.77. The SMILES string of the molecule is CCNC(=O)c1ccnc([N+](=O)[O-])c1C. The molecule has 1 aromatic heterocycles. The average molecular weight is 209 g/mol. The molecular formula is C9H11N3O3. The van der Waals surface area contributed by atoms with Crippen molar-refractivity contribution in [2.24, 2.45) is 0 Å². The summed E-state index contributed by atoms with van der Waals surface area (Å²) in [6.07, 6.45) is 1.26. The molecule has 0 aliphatic heterocycles. The van der Waals surface area contributed by atoms with Gasteiger partial charge in [-0.1, -0.05) is 0 Å². The van der Waals surface area contributed by atoms with Gasteiger partial charge in [0.2, 0.25) is 0 Å². The van der Waals surface area contributed by atoms with Crippen molar-refractivity contribution in [3.63, 3.8) is 0 Å². The second-order valence-electron chi connectivity index (χ2n) is 2.92. The van der Waals surface area contributed by atoms with Gasteiger partial charge in [0, 0.05) is 6.54 Å². The van der Waals surface area contributed by atoms with Crippen LogP contribution in [0.2, 0.25) is 0 Å². The molecule has 0 atom stereocenters. The van der Waals surface area contributed by atoms with Crippen molar-refractivity contribution in [2.75, 3.05) is 6.54 Å². The molecule has 0 unspecified atom stereocenters. The van der Waals surface area contributed by atoms with Crippen molar-refractivity contribution in [1.29, 1.82) is 0 Å². The molecule has 1 N–H and O–H groups in total. The number of nitrogens with zero attached hydrogens (tertiary/aromatic N) is 2. The van der Waals surface area contributed by atoms with E-state index in [4.69, 9.17) is 0 Å². The summed E-state index contributed by atoms with van der Waals surface area (Å²) in [4.78, 5) is 25.0. The summed E-state index contributed by atoms with van der Waals surface area (Å²) < 4.78 is 0. The zero-order valence-electron chi connectivity index (χ0n) is 8.48. The topological polar surface area (TPSA) is 85.1 Å². The van der Waals surface area contributed by atoms with Crippen LogP contribution in [0, 0.1) is 17.0 Å². The first-order valence-corrected chi connectivity index (χ1v) is 4.46. The molecule has 0 saturated heterocycles. The number of amides is 1. The molecule has 1 amide bonds. The highest BCUT2D eigenvalue weighted by Gasteiger charge is 2.18. The van der Waals surface area contributed by atoms with E-state index in [1.807, 2.05) is 0 Å². The lowest BCUT2D eigenvalue weighted by molar-refractivity contribution is -0.390. The molecule has 1 rings (SSSR count). The zero-order chi connectivity index (χ0) is 11.4. The molecule has 6 nitrogen and oxygen atoms in total. The standard InChI is InChI=1S/C9H11N3O3/c1-3-10-9(13)7-4-5-11-8(6(7)2)12(14)15/h4-5H,3H2,1-2H3,(H,10,13). The molecule has 80 valence electrons. The smallest absolute Gasteiger partial charge is 0.358 e. The number of rotatable bonds is 3. The molecule has 0 bridgehead atoms. The molecule has 0 aliphatic rings. The first-order valence-electron chi connectivity index (χ1n) is 4.46. The minimum Gasteiger partial charge on any atom is -0.358 e. The molecule has 0 spiro atoms. The molecule has 1 heterocycles. The summed E-state index contributed by atoms with van der Waals surface area (Å²) in [6, 6.07) is 1.47. The predicted molar refractivity (Wildman–Crippen MR) is 53.6 cm³/mol. The summed E-state index contributed by atoms with van der Waals surface area (Å²) >= 11 is 0. The Labute approximate surface area is 86.5 Å². The van der Waals surface area contributed by atoms with E-state index in [1.54, 1.807) is 6.92 Å². The van der Waals surface area contributed by atoms with Crippen LogP contribution in [0.3, 0.4) is 0 Å². The van der Waals surface area contributed by atoms with E-state index in [-0.39, 0.29) is 17.3 Å². The van der Waals surface area contributed by atoms with Crippen molar-refractivity contribution < 1.29 is 9.72 Å². The van der Waals surface area contributed by atoms with E-state index in [2.05, 4.69) is 10.3 Å². The van der Waals surface area contributed by atoms with Crippen molar-refractivity contribution >= 4 is 11.7 Å². The van der Waals surface area contributed by atoms with Crippen LogP contribution < -0.4 is 5.32 Å². The highest BCUT2D eigenvalue weighted by atomic mass is 16.6. The van der Waals surface area contributed by atoms with E-state index in [9.17, 15) is 14.9 Å². The Hall–Kier alpha value is -1.98. The molecule has 0 saturated carbocycles. The van der Waals surface area contributed by atoms with Crippen LogP contribution in [0.25, 0.3) is 0 Å². The maximum atomic E-state index is 11.5. The minimum absolute atomic E-state index is 0.279. The van der Waals surface area contributed by atoms with Gasteiger partial charge in [-0.25, -0.2) is 0 Å². The lowest BCUT2D eigenvalue weighted by atomic mass is 10.1. The lowest BCUT2D eigenvalue weighted by Gasteiger charge is -2.04. The van der Waals surface area contributed by atoms with E-state index in [1.165, 1.54) is 19.2 Å². The molecule has 1 aromatic rings. The Kier molecular flexibility index (Phi) is 3.33. The van der Waals surface area contributed by atoms with Crippen LogP contribution in [-0.4, -0.2) is 22.4 Å². The van der Waals surface area contributed by atoms with Crippen molar-refractivity contribution in [2.45, 2.75) is 13.8 Å². The molecule has 0 radical (unpaired) electrons. The Morgan fingerprint density at radius 2 is 2.33 bits per heavy atom. The average Bonchev–Trinajstić information content (AvgIpc) is 2.17. The third-order valence-electron chi connectivity index (χ3n) is 1.93. The van der Waals surface area contributed by atoms with Crippen LogP contribution in [0.15, 0.2) is 12.3 Å². The van der Waals surface area contributed by atoms with Gasteiger partial charge >= 0.3 is 5.82 Å². The number of carbonyl (C=O) groups excluding carboxylic acids is 1. The van der Waals surface area contributed by atoms with Gasteiger partial charge in [0.25, 0.3) is 5.91 Å². The zero-order valence-corrected chi connectivity index (χ0v) is 8.48. The van der Waals surface area contributed by atoms with Crippen LogP contribution in [0.1, 0.15) is 22.8 Å². The second-order valence-corrected chi connectivity index (χ2v) is 2.92. The van der Waals surface area contributed by atoms with E-state index in [0.29, 0.717) is 12.1 Å². The van der Waals surface area contributed by atoms with Crippen LogP contribution >= 0.6 is 0 Å². The summed E-state index contributed by atoms with van der Waals surface area (Å²) in [7, 11) is 0. The van der Waals surface area contributed by atoms with Crippen molar-refractivity contribution in [3.8, 4) is 0 Å². The molecule has 15 heavy (non-hydrogen) atoms. The predicted octanol–water partition coefficient (Wildman–Crippen LogP) is 1.05. The third kappa shape index (κ3) is 2.28. The molecule has 0 aliphatic carbocycles. The molecular weight excluding hydrogens is 198 g/mol. The van der Waals surface area contributed by atoms with E-state index >= 15 is 0 Å². The number of hydrogen-bond donors (Lipinski definition) is 1. The number of aromatic nitrogens is 1. The number of pyridine rings is 1. The van der Waals surface area contributed by atoms with Gasteiger partial charge in [0.05, 0.1) is 11.1 Å². The van der Waals surface area contributed by atoms with Crippen LogP contribution in [0.5, 0.6) is 0 Å². The fraction of sp³-hybridized carbons (Fsp3) is 0.333. The monoisotopic (exact) mass is 209 g/mol. The maximum Gasteiger partial charge on any atom is 0.367 e. The largest absolute Gasteiger partial charge is 0.367 e. The minimum atomic E-state index is -0.599. The first kappa shape index (κ1) is 11.1. The molecule has 0 fully saturated rings. The van der Waals surface area contributed by atoms with Crippen LogP contribution in [-0.2, 0) is 0 Å². The second kappa shape index (κ2) is 4.50. The first-order chi connectivity index (χ1) is 7.07. The number of carbonyl (C=O) groups is 1. The molecule has 0 aromatic carbocycles. The Morgan fingerprint density at radius 1 is 1.67 bits per heavy atom. The third-order valence-corrected chi connectivity index (χ3v) is 1.93. The molecule has 6 heteroatoms. The van der Waals surface area contributed by atoms with Crippen molar-refractivity contribution in [1.82, 2.24) is 10.3 Å². The Balaban J connectivity index is 3.15. The van der Waals surface area contributed by atoms with Gasteiger partial charge in [-0.15, -0.1) is 0 Å². The van der Waals surface area contributed by atoms with E-state index in [0.717, 1.165) is 0 Å². The maximum absolute atomic E-state index is 11.5. The van der Waals surface area contributed by atoms with Gasteiger partial charge in [-0.3, -0.25) is 4.79 Å². The quantitative estimate of drug-likeness (QED) is 0.595. The highest BCUT2D eigenvalue weighted by Crippen LogP contribution is 2.17. The van der Waals surface area contributed by atoms with Gasteiger partial charge in [0.15, 0.2) is 0 Å². The number of hydrogen-bond acceptors (Lipinski definition) is 4. The Morgan fingerprint density at radius 3 is 2.87 bits per heavy atom. The van der Waals surface area contributed by atoms with Gasteiger partial charge in [-0.2, -0.15) is 0 Å². The number of nitrogens with one attached hydrogen (secondary N) is 1. The summed E-state index contributed by atoms with van der Waals surface area (Å²) in [5.41, 5.74) is 0.576. The van der Waals surface area contributed by atoms with Gasteiger partial charge in [-0.05, 0) is 29.8 Å². The summed E-state index contributed by atoms with van der Waals surface area (Å²) in [5, 5.41) is 13.1. The van der Waals surface area contributed by atoms with Gasteiger partial charge < -0.3 is 15.4 Å².